The minimum atomic E-state index is 0.0539. The number of amides is 1. The van der Waals surface area contributed by atoms with Gasteiger partial charge in [-0.3, -0.25) is 14.7 Å². The van der Waals surface area contributed by atoms with Crippen LogP contribution in [0.2, 0.25) is 0 Å². The molecule has 3 rings (SSSR count). The molecule has 6 heteroatoms. The molecule has 0 radical (unpaired) electrons. The van der Waals surface area contributed by atoms with Gasteiger partial charge in [-0.1, -0.05) is 5.16 Å². The van der Waals surface area contributed by atoms with E-state index in [9.17, 15) is 4.79 Å². The van der Waals surface area contributed by atoms with Gasteiger partial charge in [0, 0.05) is 44.6 Å². The lowest BCUT2D eigenvalue weighted by molar-refractivity contribution is 0.0617. The maximum Gasteiger partial charge on any atom is 0.255 e. The summed E-state index contributed by atoms with van der Waals surface area (Å²) in [5.74, 6) is 0.929. The zero-order valence-electron chi connectivity index (χ0n) is 12.0. The largest absolute Gasteiger partial charge is 0.360 e. The number of pyridine rings is 1. The monoisotopic (exact) mass is 286 g/mol. The molecule has 1 aliphatic rings. The summed E-state index contributed by atoms with van der Waals surface area (Å²) in [5, 5.41) is 3.89. The molecule has 6 nitrogen and oxygen atoms in total. The number of rotatable bonds is 3. The van der Waals surface area contributed by atoms with Gasteiger partial charge < -0.3 is 9.42 Å². The van der Waals surface area contributed by atoms with Crippen molar-refractivity contribution in [2.45, 2.75) is 13.5 Å². The smallest absolute Gasteiger partial charge is 0.255 e. The Balaban J connectivity index is 1.54. The number of aromatic nitrogens is 2. The first-order valence-electron chi connectivity index (χ1n) is 7.06. The van der Waals surface area contributed by atoms with E-state index in [1.54, 1.807) is 24.5 Å². The van der Waals surface area contributed by atoms with Crippen LogP contribution in [-0.4, -0.2) is 52.0 Å². The molecule has 0 unspecified atom stereocenters. The van der Waals surface area contributed by atoms with Gasteiger partial charge >= 0.3 is 0 Å². The first-order chi connectivity index (χ1) is 10.2. The predicted molar refractivity (Wildman–Crippen MR) is 76.7 cm³/mol. The van der Waals surface area contributed by atoms with Crippen LogP contribution in [0.4, 0.5) is 0 Å². The van der Waals surface area contributed by atoms with Crippen molar-refractivity contribution < 1.29 is 9.32 Å². The summed E-state index contributed by atoms with van der Waals surface area (Å²) < 4.78 is 5.23. The van der Waals surface area contributed by atoms with E-state index >= 15 is 0 Å². The zero-order valence-corrected chi connectivity index (χ0v) is 12.0. The number of carbonyl (C=O) groups is 1. The summed E-state index contributed by atoms with van der Waals surface area (Å²) in [6, 6.07) is 5.54. The van der Waals surface area contributed by atoms with Gasteiger partial charge in [-0.05, 0) is 19.1 Å². The fraction of sp³-hybridized carbons (Fsp3) is 0.400. The number of nitrogens with zero attached hydrogens (tertiary/aromatic N) is 4. The summed E-state index contributed by atoms with van der Waals surface area (Å²) >= 11 is 0. The molecule has 2 aromatic heterocycles. The molecule has 3 heterocycles. The lowest BCUT2D eigenvalue weighted by atomic mass is 10.2. The number of hydrogen-bond acceptors (Lipinski definition) is 5. The summed E-state index contributed by atoms with van der Waals surface area (Å²) in [7, 11) is 0. The molecule has 2 aromatic rings. The fourth-order valence-electron chi connectivity index (χ4n) is 2.49. The Hall–Kier alpha value is -2.21. The second-order valence-corrected chi connectivity index (χ2v) is 5.24. The Morgan fingerprint density at radius 3 is 2.76 bits per heavy atom. The highest BCUT2D eigenvalue weighted by molar-refractivity contribution is 5.93. The van der Waals surface area contributed by atoms with Crippen molar-refractivity contribution in [1.29, 1.82) is 0 Å². The molecule has 0 aliphatic carbocycles. The molecule has 0 bridgehead atoms. The molecule has 0 saturated carbocycles. The molecule has 0 spiro atoms. The molecule has 1 fully saturated rings. The quantitative estimate of drug-likeness (QED) is 0.852. The standard InChI is InChI=1S/C15H18N4O2/c1-12-9-14(21-17-12)11-18-5-7-19(8-6-18)15(20)13-3-2-4-16-10-13/h2-4,9-10H,5-8,11H2,1H3. The van der Waals surface area contributed by atoms with Gasteiger partial charge in [0.05, 0.1) is 17.8 Å². The van der Waals surface area contributed by atoms with Crippen LogP contribution in [0.15, 0.2) is 35.1 Å². The summed E-state index contributed by atoms with van der Waals surface area (Å²) in [4.78, 5) is 20.4. The summed E-state index contributed by atoms with van der Waals surface area (Å²) in [6.45, 7) is 5.78. The molecule has 0 aromatic carbocycles. The fourth-order valence-corrected chi connectivity index (χ4v) is 2.49. The van der Waals surface area contributed by atoms with E-state index in [1.807, 2.05) is 17.9 Å². The predicted octanol–water partition coefficient (Wildman–Crippen LogP) is 1.34. The molecule has 21 heavy (non-hydrogen) atoms. The highest BCUT2D eigenvalue weighted by atomic mass is 16.5. The van der Waals surface area contributed by atoms with Crippen LogP contribution in [0.25, 0.3) is 0 Å². The molecule has 1 aliphatic heterocycles. The molecular formula is C15H18N4O2. The minimum Gasteiger partial charge on any atom is -0.360 e. The van der Waals surface area contributed by atoms with E-state index in [-0.39, 0.29) is 5.91 Å². The Bertz CT molecular complexity index is 603. The third-order valence-electron chi connectivity index (χ3n) is 3.62. The zero-order chi connectivity index (χ0) is 14.7. The van der Waals surface area contributed by atoms with E-state index in [1.165, 1.54) is 0 Å². The van der Waals surface area contributed by atoms with E-state index in [0.717, 1.165) is 44.2 Å². The molecule has 1 amide bonds. The number of hydrogen-bond donors (Lipinski definition) is 0. The molecule has 1 saturated heterocycles. The van der Waals surface area contributed by atoms with Gasteiger partial charge in [-0.15, -0.1) is 0 Å². The van der Waals surface area contributed by atoms with E-state index < -0.39 is 0 Å². The van der Waals surface area contributed by atoms with Crippen molar-refractivity contribution >= 4 is 5.91 Å². The maximum absolute atomic E-state index is 12.3. The maximum atomic E-state index is 12.3. The second kappa shape index (κ2) is 6.05. The molecule has 0 atom stereocenters. The van der Waals surface area contributed by atoms with Crippen molar-refractivity contribution in [3.63, 3.8) is 0 Å². The Morgan fingerprint density at radius 1 is 1.33 bits per heavy atom. The average molecular weight is 286 g/mol. The van der Waals surface area contributed by atoms with Crippen LogP contribution in [0, 0.1) is 6.92 Å². The topological polar surface area (TPSA) is 62.5 Å². The minimum absolute atomic E-state index is 0.0539. The average Bonchev–Trinajstić information content (AvgIpc) is 2.93. The van der Waals surface area contributed by atoms with E-state index in [2.05, 4.69) is 15.0 Å². The normalized spacial score (nSPS) is 16.1. The lowest BCUT2D eigenvalue weighted by Gasteiger charge is -2.34. The van der Waals surface area contributed by atoms with Crippen LogP contribution < -0.4 is 0 Å². The molecule has 110 valence electrons. The first kappa shape index (κ1) is 13.8. The first-order valence-corrected chi connectivity index (χ1v) is 7.06. The van der Waals surface area contributed by atoms with Crippen molar-refractivity contribution in [3.05, 3.63) is 47.6 Å². The van der Waals surface area contributed by atoms with Gasteiger partial charge in [0.25, 0.3) is 5.91 Å². The SMILES string of the molecule is Cc1cc(CN2CCN(C(=O)c3cccnc3)CC2)on1. The highest BCUT2D eigenvalue weighted by Crippen LogP contribution is 2.11. The van der Waals surface area contributed by atoms with Crippen molar-refractivity contribution in [2.24, 2.45) is 0 Å². The van der Waals surface area contributed by atoms with Gasteiger partial charge in [-0.2, -0.15) is 0 Å². The number of carbonyl (C=O) groups excluding carboxylic acids is 1. The van der Waals surface area contributed by atoms with Gasteiger partial charge in [0.15, 0.2) is 5.76 Å². The Kier molecular flexibility index (Phi) is 3.96. The third kappa shape index (κ3) is 3.28. The van der Waals surface area contributed by atoms with Gasteiger partial charge in [-0.25, -0.2) is 0 Å². The Labute approximate surface area is 123 Å². The van der Waals surface area contributed by atoms with Gasteiger partial charge in [0.1, 0.15) is 0 Å². The molecular weight excluding hydrogens is 268 g/mol. The summed E-state index contributed by atoms with van der Waals surface area (Å²) in [5.41, 5.74) is 1.55. The van der Waals surface area contributed by atoms with Gasteiger partial charge in [0.2, 0.25) is 0 Å². The number of piperazine rings is 1. The van der Waals surface area contributed by atoms with Crippen LogP contribution in [0.5, 0.6) is 0 Å². The number of aryl methyl sites for hydroxylation is 1. The second-order valence-electron chi connectivity index (χ2n) is 5.24. The van der Waals surface area contributed by atoms with E-state index in [0.29, 0.717) is 5.56 Å². The van der Waals surface area contributed by atoms with Crippen LogP contribution in [-0.2, 0) is 6.54 Å². The van der Waals surface area contributed by atoms with Crippen molar-refractivity contribution in [1.82, 2.24) is 19.9 Å². The Morgan fingerprint density at radius 2 is 2.14 bits per heavy atom. The third-order valence-corrected chi connectivity index (χ3v) is 3.62. The van der Waals surface area contributed by atoms with Crippen molar-refractivity contribution in [2.75, 3.05) is 26.2 Å². The van der Waals surface area contributed by atoms with Crippen LogP contribution in [0.1, 0.15) is 21.8 Å². The van der Waals surface area contributed by atoms with E-state index in [4.69, 9.17) is 4.52 Å². The van der Waals surface area contributed by atoms with Crippen molar-refractivity contribution in [3.8, 4) is 0 Å². The lowest BCUT2D eigenvalue weighted by Crippen LogP contribution is -2.48. The molecule has 0 N–H and O–H groups in total. The van der Waals surface area contributed by atoms with Crippen LogP contribution in [0.3, 0.4) is 0 Å². The summed E-state index contributed by atoms with van der Waals surface area (Å²) in [6.07, 6.45) is 3.29. The van der Waals surface area contributed by atoms with Crippen LogP contribution >= 0.6 is 0 Å². The highest BCUT2D eigenvalue weighted by Gasteiger charge is 2.22.